The van der Waals surface area contributed by atoms with Gasteiger partial charge in [-0.25, -0.2) is 4.79 Å². The van der Waals surface area contributed by atoms with Gasteiger partial charge in [-0.1, -0.05) is 42.5 Å². The first kappa shape index (κ1) is 19.3. The number of ether oxygens (including phenoxy) is 1. The molecule has 0 bridgehead atoms. The molecule has 1 aromatic carbocycles. The number of piperidine rings is 1. The second-order valence-electron chi connectivity index (χ2n) is 6.75. The number of hydrogen-bond donors (Lipinski definition) is 1. The highest BCUT2D eigenvalue weighted by atomic mass is 16.5. The Balaban J connectivity index is 2.15. The summed E-state index contributed by atoms with van der Waals surface area (Å²) in [6, 6.07) is 10.4. The lowest BCUT2D eigenvalue weighted by atomic mass is 9.69. The average molecular weight is 343 g/mol. The van der Waals surface area contributed by atoms with Gasteiger partial charge in [0.1, 0.15) is 0 Å². The zero-order chi connectivity index (χ0) is 18.1. The SMILES string of the molecule is C=CCOC(CC=C)C1(CCc2ccccc2)CCN(C(=O)O)CC1. The van der Waals surface area contributed by atoms with E-state index in [9.17, 15) is 9.90 Å². The average Bonchev–Trinajstić information content (AvgIpc) is 2.64. The van der Waals surface area contributed by atoms with Crippen LogP contribution in [0.15, 0.2) is 55.6 Å². The van der Waals surface area contributed by atoms with Crippen LogP contribution in [0.2, 0.25) is 0 Å². The van der Waals surface area contributed by atoms with Gasteiger partial charge in [0.05, 0.1) is 12.7 Å². The minimum atomic E-state index is -0.830. The molecule has 0 aromatic heterocycles. The van der Waals surface area contributed by atoms with Crippen molar-refractivity contribution < 1.29 is 14.6 Å². The molecule has 1 aromatic rings. The Kier molecular flexibility index (Phi) is 7.26. The van der Waals surface area contributed by atoms with Crippen LogP contribution in [0.5, 0.6) is 0 Å². The van der Waals surface area contributed by atoms with Crippen molar-refractivity contribution in [1.29, 1.82) is 0 Å². The Labute approximate surface area is 150 Å². The fourth-order valence-corrected chi connectivity index (χ4v) is 3.74. The molecule has 1 saturated heterocycles. The fraction of sp³-hybridized carbons (Fsp3) is 0.476. The third-order valence-electron chi connectivity index (χ3n) is 5.26. The minimum absolute atomic E-state index is 0.0288. The molecular weight excluding hydrogens is 314 g/mol. The molecule has 0 spiro atoms. The molecule has 1 atom stereocenters. The Bertz CT molecular complexity index is 562. The number of likely N-dealkylation sites (tertiary alicyclic amines) is 1. The van der Waals surface area contributed by atoms with Crippen LogP contribution < -0.4 is 0 Å². The summed E-state index contributed by atoms with van der Waals surface area (Å²) in [7, 11) is 0. The number of hydrogen-bond acceptors (Lipinski definition) is 2. The van der Waals surface area contributed by atoms with E-state index in [2.05, 4.69) is 37.4 Å². The summed E-state index contributed by atoms with van der Waals surface area (Å²) in [4.78, 5) is 12.8. The predicted molar refractivity (Wildman–Crippen MR) is 101 cm³/mol. The maximum atomic E-state index is 11.3. The second-order valence-corrected chi connectivity index (χ2v) is 6.75. The lowest BCUT2D eigenvalue weighted by molar-refractivity contribution is -0.0617. The van der Waals surface area contributed by atoms with Gasteiger partial charge < -0.3 is 14.7 Å². The number of aryl methyl sites for hydroxylation is 1. The summed E-state index contributed by atoms with van der Waals surface area (Å²) in [5.74, 6) is 0. The highest BCUT2D eigenvalue weighted by molar-refractivity contribution is 5.65. The highest BCUT2D eigenvalue weighted by Gasteiger charge is 2.42. The maximum Gasteiger partial charge on any atom is 0.407 e. The number of carboxylic acid groups (broad SMARTS) is 1. The van der Waals surface area contributed by atoms with Gasteiger partial charge in [-0.3, -0.25) is 0 Å². The summed E-state index contributed by atoms with van der Waals surface area (Å²) < 4.78 is 6.10. The van der Waals surface area contributed by atoms with Crippen molar-refractivity contribution in [3.8, 4) is 0 Å². The predicted octanol–water partition coefficient (Wildman–Crippen LogP) is 4.53. The minimum Gasteiger partial charge on any atom is -0.465 e. The molecule has 136 valence electrons. The van der Waals surface area contributed by atoms with Crippen molar-refractivity contribution in [2.75, 3.05) is 19.7 Å². The monoisotopic (exact) mass is 343 g/mol. The van der Waals surface area contributed by atoms with Gasteiger partial charge in [0.25, 0.3) is 0 Å². The van der Waals surface area contributed by atoms with Crippen LogP contribution >= 0.6 is 0 Å². The molecule has 1 N–H and O–H groups in total. The van der Waals surface area contributed by atoms with Crippen LogP contribution in [0.4, 0.5) is 4.79 Å². The number of amides is 1. The number of carbonyl (C=O) groups is 1. The van der Waals surface area contributed by atoms with Crippen LogP contribution in [-0.2, 0) is 11.2 Å². The first-order chi connectivity index (χ1) is 12.1. The molecular formula is C21H29NO3. The van der Waals surface area contributed by atoms with Gasteiger partial charge >= 0.3 is 6.09 Å². The highest BCUT2D eigenvalue weighted by Crippen LogP contribution is 2.42. The first-order valence-corrected chi connectivity index (χ1v) is 8.96. The maximum absolute atomic E-state index is 11.3. The van der Waals surface area contributed by atoms with Gasteiger partial charge in [-0.15, -0.1) is 13.2 Å². The lowest BCUT2D eigenvalue weighted by Gasteiger charge is -2.46. The zero-order valence-corrected chi connectivity index (χ0v) is 14.9. The number of benzene rings is 1. The molecule has 1 unspecified atom stereocenters. The van der Waals surface area contributed by atoms with E-state index in [1.165, 1.54) is 10.5 Å². The Hall–Kier alpha value is -2.07. The van der Waals surface area contributed by atoms with Crippen LogP contribution in [0.3, 0.4) is 0 Å². The van der Waals surface area contributed by atoms with E-state index < -0.39 is 6.09 Å². The van der Waals surface area contributed by atoms with Crippen molar-refractivity contribution in [2.24, 2.45) is 5.41 Å². The molecule has 1 aliphatic rings. The largest absolute Gasteiger partial charge is 0.465 e. The zero-order valence-electron chi connectivity index (χ0n) is 14.9. The van der Waals surface area contributed by atoms with E-state index in [-0.39, 0.29) is 11.5 Å². The summed E-state index contributed by atoms with van der Waals surface area (Å²) >= 11 is 0. The van der Waals surface area contributed by atoms with Crippen molar-refractivity contribution in [1.82, 2.24) is 4.90 Å². The fourth-order valence-electron chi connectivity index (χ4n) is 3.74. The van der Waals surface area contributed by atoms with Crippen molar-refractivity contribution in [3.05, 3.63) is 61.2 Å². The molecule has 0 radical (unpaired) electrons. The standard InChI is InChI=1S/C21H29NO3/c1-3-8-19(25-17-4-2)21(12-11-18-9-6-5-7-10-18)13-15-22(16-14-21)20(23)24/h3-7,9-10,19H,1-2,8,11-17H2,(H,23,24). The molecule has 25 heavy (non-hydrogen) atoms. The smallest absolute Gasteiger partial charge is 0.407 e. The topological polar surface area (TPSA) is 49.8 Å². The Morgan fingerprint density at radius 1 is 1.24 bits per heavy atom. The van der Waals surface area contributed by atoms with Crippen LogP contribution in [0, 0.1) is 5.41 Å². The van der Waals surface area contributed by atoms with Crippen LogP contribution in [0.25, 0.3) is 0 Å². The van der Waals surface area contributed by atoms with E-state index in [0.29, 0.717) is 19.7 Å². The van der Waals surface area contributed by atoms with E-state index >= 15 is 0 Å². The summed E-state index contributed by atoms with van der Waals surface area (Å²) in [6.07, 6.45) is 7.26. The molecule has 0 aliphatic carbocycles. The molecule has 1 amide bonds. The van der Waals surface area contributed by atoms with Gasteiger partial charge in [0, 0.05) is 18.5 Å². The molecule has 1 heterocycles. The van der Waals surface area contributed by atoms with Gasteiger partial charge in [-0.05, 0) is 37.7 Å². The van der Waals surface area contributed by atoms with Gasteiger partial charge in [0.2, 0.25) is 0 Å². The molecule has 2 rings (SSSR count). The van der Waals surface area contributed by atoms with Crippen molar-refractivity contribution in [3.63, 3.8) is 0 Å². The van der Waals surface area contributed by atoms with Crippen molar-refractivity contribution >= 4 is 6.09 Å². The molecule has 0 saturated carbocycles. The lowest BCUT2D eigenvalue weighted by Crippen LogP contribution is -2.48. The number of rotatable bonds is 9. The Morgan fingerprint density at radius 3 is 2.48 bits per heavy atom. The second kappa shape index (κ2) is 9.42. The normalized spacial score (nSPS) is 17.7. The molecule has 1 fully saturated rings. The van der Waals surface area contributed by atoms with Crippen molar-refractivity contribution in [2.45, 2.75) is 38.2 Å². The summed E-state index contributed by atoms with van der Waals surface area (Å²) in [5, 5.41) is 9.26. The summed E-state index contributed by atoms with van der Waals surface area (Å²) in [5.41, 5.74) is 1.28. The van der Waals surface area contributed by atoms with E-state index in [4.69, 9.17) is 4.74 Å². The number of nitrogens with zero attached hydrogens (tertiary/aromatic N) is 1. The van der Waals surface area contributed by atoms with Gasteiger partial charge in [-0.2, -0.15) is 0 Å². The van der Waals surface area contributed by atoms with Crippen LogP contribution in [0.1, 0.15) is 31.2 Å². The third-order valence-corrected chi connectivity index (χ3v) is 5.26. The third kappa shape index (κ3) is 5.20. The molecule has 1 aliphatic heterocycles. The molecule has 4 heteroatoms. The van der Waals surface area contributed by atoms with E-state index in [1.54, 1.807) is 6.08 Å². The summed E-state index contributed by atoms with van der Waals surface area (Å²) in [6.45, 7) is 9.28. The molecule has 4 nitrogen and oxygen atoms in total. The van der Waals surface area contributed by atoms with E-state index in [0.717, 1.165) is 32.1 Å². The Morgan fingerprint density at radius 2 is 1.92 bits per heavy atom. The van der Waals surface area contributed by atoms with Crippen LogP contribution in [-0.4, -0.2) is 41.9 Å². The first-order valence-electron chi connectivity index (χ1n) is 8.96. The quantitative estimate of drug-likeness (QED) is 0.670. The van der Waals surface area contributed by atoms with E-state index in [1.807, 2.05) is 12.1 Å². The van der Waals surface area contributed by atoms with Gasteiger partial charge in [0.15, 0.2) is 0 Å².